The summed E-state index contributed by atoms with van der Waals surface area (Å²) in [6.07, 6.45) is 0. The van der Waals surface area contributed by atoms with Gasteiger partial charge in [-0.3, -0.25) is 0 Å². The molecule has 0 N–H and O–H groups in total. The normalized spacial score (nSPS) is 10.2. The van der Waals surface area contributed by atoms with Crippen molar-refractivity contribution in [2.24, 2.45) is 0 Å². The third-order valence-electron chi connectivity index (χ3n) is 2.90. The minimum atomic E-state index is 0.490. The molecular formula is C16H18BO4. The molecule has 0 aliphatic carbocycles. The van der Waals surface area contributed by atoms with Crippen LogP contribution in [0.4, 0.5) is 0 Å². The van der Waals surface area contributed by atoms with Gasteiger partial charge in [-0.2, -0.15) is 0 Å². The Bertz CT molecular complexity index is 510. The van der Waals surface area contributed by atoms with Crippen molar-refractivity contribution in [1.29, 1.82) is 0 Å². The topological polar surface area (TPSA) is 36.9 Å². The van der Waals surface area contributed by atoms with Crippen LogP contribution in [0, 0.1) is 0 Å². The number of rotatable bonds is 8. The van der Waals surface area contributed by atoms with Crippen LogP contribution in [0.5, 0.6) is 11.5 Å². The maximum Gasteiger partial charge on any atom is 0.658 e. The highest BCUT2D eigenvalue weighted by atomic mass is 16.6. The minimum absolute atomic E-state index is 0.490. The van der Waals surface area contributed by atoms with Gasteiger partial charge in [0.05, 0.1) is 13.2 Å². The molecule has 0 aromatic heterocycles. The van der Waals surface area contributed by atoms with Crippen LogP contribution in [0.15, 0.2) is 48.5 Å². The van der Waals surface area contributed by atoms with E-state index in [2.05, 4.69) is 0 Å². The zero-order valence-electron chi connectivity index (χ0n) is 12.2. The first kappa shape index (κ1) is 15.4. The summed E-state index contributed by atoms with van der Waals surface area (Å²) in [5, 5.41) is 0. The van der Waals surface area contributed by atoms with Crippen LogP contribution >= 0.6 is 0 Å². The Morgan fingerprint density at radius 1 is 0.714 bits per heavy atom. The van der Waals surface area contributed by atoms with Crippen LogP contribution < -0.4 is 9.31 Å². The first-order chi connectivity index (χ1) is 10.3. The SMILES string of the molecule is COCc1ccccc1O[B]Oc1ccccc1COC. The Hall–Kier alpha value is -1.98. The minimum Gasteiger partial charge on any atom is -0.526 e. The predicted octanol–water partition coefficient (Wildman–Crippen LogP) is 2.97. The van der Waals surface area contributed by atoms with Crippen molar-refractivity contribution in [3.63, 3.8) is 0 Å². The average molecular weight is 285 g/mol. The summed E-state index contributed by atoms with van der Waals surface area (Å²) in [6.45, 7) is 0.981. The Morgan fingerprint density at radius 3 is 1.57 bits per heavy atom. The van der Waals surface area contributed by atoms with Gasteiger partial charge in [0.25, 0.3) is 0 Å². The molecule has 109 valence electrons. The molecule has 0 fully saturated rings. The van der Waals surface area contributed by atoms with Crippen molar-refractivity contribution in [1.82, 2.24) is 0 Å². The highest BCUT2D eigenvalue weighted by Gasteiger charge is 2.08. The van der Waals surface area contributed by atoms with Crippen molar-refractivity contribution in [3.05, 3.63) is 59.7 Å². The second-order valence-electron chi connectivity index (χ2n) is 4.41. The van der Waals surface area contributed by atoms with E-state index in [4.69, 9.17) is 18.8 Å². The molecule has 0 aliphatic rings. The van der Waals surface area contributed by atoms with Crippen molar-refractivity contribution in [3.8, 4) is 11.5 Å². The van der Waals surface area contributed by atoms with Gasteiger partial charge in [-0.25, -0.2) is 0 Å². The highest BCUT2D eigenvalue weighted by Crippen LogP contribution is 2.20. The Kier molecular flexibility index (Phi) is 6.12. The Labute approximate surface area is 125 Å². The van der Waals surface area contributed by atoms with Crippen LogP contribution in [0.2, 0.25) is 0 Å². The summed E-state index contributed by atoms with van der Waals surface area (Å²) in [6, 6.07) is 15.3. The lowest BCUT2D eigenvalue weighted by Crippen LogP contribution is -2.13. The molecule has 0 spiro atoms. The van der Waals surface area contributed by atoms with Crippen molar-refractivity contribution < 1.29 is 18.8 Å². The van der Waals surface area contributed by atoms with Gasteiger partial charge >= 0.3 is 7.69 Å². The zero-order chi connectivity index (χ0) is 14.9. The van der Waals surface area contributed by atoms with Crippen LogP contribution in [0.3, 0.4) is 0 Å². The molecule has 0 saturated heterocycles. The van der Waals surface area contributed by atoms with E-state index in [0.717, 1.165) is 11.1 Å². The monoisotopic (exact) mass is 285 g/mol. The fraction of sp³-hybridized carbons (Fsp3) is 0.250. The van der Waals surface area contributed by atoms with Crippen LogP contribution in [-0.2, 0) is 22.7 Å². The van der Waals surface area contributed by atoms with Gasteiger partial charge in [0.15, 0.2) is 0 Å². The fourth-order valence-electron chi connectivity index (χ4n) is 1.91. The lowest BCUT2D eigenvalue weighted by atomic mass is 10.2. The second-order valence-corrected chi connectivity index (χ2v) is 4.41. The van der Waals surface area contributed by atoms with Gasteiger partial charge < -0.3 is 18.8 Å². The number of ether oxygens (including phenoxy) is 2. The number of methoxy groups -OCH3 is 2. The van der Waals surface area contributed by atoms with E-state index in [0.29, 0.717) is 24.7 Å². The lowest BCUT2D eigenvalue weighted by molar-refractivity contribution is 0.182. The van der Waals surface area contributed by atoms with E-state index in [9.17, 15) is 0 Å². The molecule has 2 rings (SSSR count). The lowest BCUT2D eigenvalue weighted by Gasteiger charge is -2.12. The first-order valence-corrected chi connectivity index (χ1v) is 6.64. The van der Waals surface area contributed by atoms with Crippen LogP contribution in [-0.4, -0.2) is 21.9 Å². The maximum atomic E-state index is 5.56. The van der Waals surface area contributed by atoms with Crippen LogP contribution in [0.1, 0.15) is 11.1 Å². The quantitative estimate of drug-likeness (QED) is 0.699. The number of benzene rings is 2. The Morgan fingerprint density at radius 2 is 1.14 bits per heavy atom. The van der Waals surface area contributed by atoms with E-state index in [1.54, 1.807) is 14.2 Å². The molecule has 2 aromatic carbocycles. The van der Waals surface area contributed by atoms with E-state index >= 15 is 0 Å². The van der Waals surface area contributed by atoms with E-state index in [1.807, 2.05) is 48.5 Å². The van der Waals surface area contributed by atoms with Crippen molar-refractivity contribution in [2.75, 3.05) is 14.2 Å². The largest absolute Gasteiger partial charge is 0.658 e. The van der Waals surface area contributed by atoms with Gasteiger partial charge in [0.2, 0.25) is 0 Å². The molecule has 4 nitrogen and oxygen atoms in total. The summed E-state index contributed by atoms with van der Waals surface area (Å²) in [5.41, 5.74) is 1.93. The highest BCUT2D eigenvalue weighted by molar-refractivity contribution is 6.20. The molecule has 0 unspecified atom stereocenters. The molecule has 21 heavy (non-hydrogen) atoms. The van der Waals surface area contributed by atoms with Crippen molar-refractivity contribution in [2.45, 2.75) is 13.2 Å². The maximum absolute atomic E-state index is 5.56. The van der Waals surface area contributed by atoms with Crippen LogP contribution in [0.25, 0.3) is 0 Å². The smallest absolute Gasteiger partial charge is 0.526 e. The predicted molar refractivity (Wildman–Crippen MR) is 81.3 cm³/mol. The molecule has 1 radical (unpaired) electrons. The first-order valence-electron chi connectivity index (χ1n) is 6.64. The molecule has 2 aromatic rings. The summed E-state index contributed by atoms with van der Waals surface area (Å²) in [7, 11) is 4.62. The van der Waals surface area contributed by atoms with Gasteiger partial charge in [-0.15, -0.1) is 0 Å². The molecule has 0 heterocycles. The number of hydrogen-bond acceptors (Lipinski definition) is 4. The van der Waals surface area contributed by atoms with Gasteiger partial charge in [-0.1, -0.05) is 36.4 Å². The van der Waals surface area contributed by atoms with E-state index in [1.165, 1.54) is 7.69 Å². The third kappa shape index (κ3) is 4.51. The molecule has 0 atom stereocenters. The number of hydrogen-bond donors (Lipinski definition) is 0. The summed E-state index contributed by atoms with van der Waals surface area (Å²) in [4.78, 5) is 0. The van der Waals surface area contributed by atoms with E-state index in [-0.39, 0.29) is 0 Å². The van der Waals surface area contributed by atoms with Crippen molar-refractivity contribution >= 4 is 7.69 Å². The zero-order valence-corrected chi connectivity index (χ0v) is 12.2. The second kappa shape index (κ2) is 8.34. The molecule has 0 aliphatic heterocycles. The average Bonchev–Trinajstić information content (AvgIpc) is 2.51. The summed E-state index contributed by atoms with van der Waals surface area (Å²) >= 11 is 0. The van der Waals surface area contributed by atoms with Gasteiger partial charge in [0.1, 0.15) is 11.5 Å². The standard InChI is InChI=1S/C16H18BO4/c1-18-11-13-7-3-5-9-15(13)20-17-21-16-10-6-4-8-14(16)12-19-2/h3-10H,11-12H2,1-2H3. The molecule has 0 bridgehead atoms. The van der Waals surface area contributed by atoms with E-state index < -0.39 is 0 Å². The van der Waals surface area contributed by atoms with Gasteiger partial charge in [-0.05, 0) is 12.1 Å². The molecular weight excluding hydrogens is 267 g/mol. The summed E-state index contributed by atoms with van der Waals surface area (Å²) < 4.78 is 21.4. The molecule has 5 heteroatoms. The van der Waals surface area contributed by atoms with Gasteiger partial charge in [0, 0.05) is 25.3 Å². The third-order valence-corrected chi connectivity index (χ3v) is 2.90. The number of para-hydroxylation sites is 2. The fourth-order valence-corrected chi connectivity index (χ4v) is 1.91. The summed E-state index contributed by atoms with van der Waals surface area (Å²) in [5.74, 6) is 1.42. The molecule has 0 amide bonds. The Balaban J connectivity index is 1.95. The molecule has 0 saturated carbocycles.